The molecule has 1 saturated heterocycles. The van der Waals surface area contributed by atoms with Crippen molar-refractivity contribution >= 4 is 39.9 Å². The summed E-state index contributed by atoms with van der Waals surface area (Å²) in [5.41, 5.74) is 3.59. The van der Waals surface area contributed by atoms with Gasteiger partial charge >= 0.3 is 0 Å². The van der Waals surface area contributed by atoms with Gasteiger partial charge in [0.1, 0.15) is 17.2 Å². The molecule has 1 N–H and O–H groups in total. The van der Waals surface area contributed by atoms with Crippen LogP contribution in [-0.4, -0.2) is 39.3 Å². The number of rotatable bonds is 5. The average Bonchev–Trinajstić information content (AvgIpc) is 3.20. The lowest BCUT2D eigenvalue weighted by atomic mass is 10.1. The zero-order valence-corrected chi connectivity index (χ0v) is 19.4. The molecular formula is C25H24ClF2N5O. The highest BCUT2D eigenvalue weighted by atomic mass is 35.5. The van der Waals surface area contributed by atoms with Crippen LogP contribution in [0, 0.1) is 0 Å². The Labute approximate surface area is 200 Å². The van der Waals surface area contributed by atoms with Gasteiger partial charge in [0.05, 0.1) is 16.2 Å². The molecular weight excluding hydrogens is 460 g/mol. The number of imidazole rings is 1. The van der Waals surface area contributed by atoms with Gasteiger partial charge < -0.3 is 10.2 Å². The van der Waals surface area contributed by atoms with E-state index in [4.69, 9.17) is 11.6 Å². The first kappa shape index (κ1) is 22.5. The molecule has 1 aliphatic heterocycles. The van der Waals surface area contributed by atoms with Gasteiger partial charge in [-0.3, -0.25) is 9.20 Å². The van der Waals surface area contributed by atoms with Crippen LogP contribution in [0.15, 0.2) is 48.7 Å². The molecule has 0 atom stereocenters. The minimum absolute atomic E-state index is 0.149. The molecule has 0 radical (unpaired) electrons. The summed E-state index contributed by atoms with van der Waals surface area (Å²) < 4.78 is 28.6. The smallest absolute Gasteiger partial charge is 0.270 e. The van der Waals surface area contributed by atoms with Crippen molar-refractivity contribution in [2.24, 2.45) is 0 Å². The number of aryl methyl sites for hydroxylation is 1. The van der Waals surface area contributed by atoms with Crippen molar-refractivity contribution in [3.05, 3.63) is 70.6 Å². The molecule has 1 amide bonds. The molecule has 3 aromatic heterocycles. The molecule has 1 fully saturated rings. The van der Waals surface area contributed by atoms with Gasteiger partial charge in [0.2, 0.25) is 0 Å². The summed E-state index contributed by atoms with van der Waals surface area (Å²) in [4.78, 5) is 24.1. The number of aromatic nitrogens is 3. The van der Waals surface area contributed by atoms with Crippen molar-refractivity contribution in [1.82, 2.24) is 19.7 Å². The van der Waals surface area contributed by atoms with Crippen LogP contribution in [0.2, 0.25) is 5.02 Å². The van der Waals surface area contributed by atoms with E-state index in [9.17, 15) is 13.6 Å². The molecule has 4 heterocycles. The Morgan fingerprint density at radius 2 is 1.91 bits per heavy atom. The van der Waals surface area contributed by atoms with Crippen molar-refractivity contribution < 1.29 is 13.6 Å². The molecule has 4 aromatic rings. The number of anilines is 1. The fourth-order valence-corrected chi connectivity index (χ4v) is 4.49. The maximum Gasteiger partial charge on any atom is 0.270 e. The van der Waals surface area contributed by atoms with E-state index in [0.717, 1.165) is 16.5 Å². The normalized spacial score (nSPS) is 15.7. The van der Waals surface area contributed by atoms with Crippen molar-refractivity contribution in [3.63, 3.8) is 0 Å². The van der Waals surface area contributed by atoms with Crippen LogP contribution in [0.1, 0.15) is 41.5 Å². The van der Waals surface area contributed by atoms with Crippen LogP contribution in [0.3, 0.4) is 0 Å². The molecule has 0 spiro atoms. The summed E-state index contributed by atoms with van der Waals surface area (Å²) in [6, 6.07) is 13.1. The van der Waals surface area contributed by atoms with Gasteiger partial charge in [-0.2, -0.15) is 0 Å². The van der Waals surface area contributed by atoms with Gasteiger partial charge in [-0.1, -0.05) is 24.6 Å². The minimum Gasteiger partial charge on any atom is -0.356 e. The largest absolute Gasteiger partial charge is 0.356 e. The third-order valence-corrected chi connectivity index (χ3v) is 6.44. The lowest BCUT2D eigenvalue weighted by Crippen LogP contribution is -2.39. The van der Waals surface area contributed by atoms with Crippen LogP contribution in [0.5, 0.6) is 0 Å². The first-order valence-electron chi connectivity index (χ1n) is 11.3. The average molecular weight is 484 g/mol. The van der Waals surface area contributed by atoms with Crippen LogP contribution < -0.4 is 10.2 Å². The summed E-state index contributed by atoms with van der Waals surface area (Å²) in [5.74, 6) is -2.09. The van der Waals surface area contributed by atoms with E-state index >= 15 is 0 Å². The molecule has 6 nitrogen and oxygen atoms in total. The van der Waals surface area contributed by atoms with Gasteiger partial charge in [0.15, 0.2) is 0 Å². The van der Waals surface area contributed by atoms with Gasteiger partial charge in [0.25, 0.3) is 11.8 Å². The summed E-state index contributed by atoms with van der Waals surface area (Å²) >= 11 is 6.13. The predicted molar refractivity (Wildman–Crippen MR) is 129 cm³/mol. The van der Waals surface area contributed by atoms with Gasteiger partial charge in [-0.25, -0.2) is 18.7 Å². The zero-order valence-electron chi connectivity index (χ0n) is 18.7. The predicted octanol–water partition coefficient (Wildman–Crippen LogP) is 5.26. The maximum atomic E-state index is 13.5. The first-order chi connectivity index (χ1) is 16.3. The second-order valence-electron chi connectivity index (χ2n) is 8.56. The number of carbonyl (C=O) groups is 1. The lowest BCUT2D eigenvalue weighted by Gasteiger charge is -2.32. The number of amides is 1. The highest BCUT2D eigenvalue weighted by Crippen LogP contribution is 2.30. The number of nitrogens with zero attached hydrogens (tertiary/aromatic N) is 4. The molecule has 1 aliphatic rings. The third-order valence-electron chi connectivity index (χ3n) is 6.22. The Bertz CT molecular complexity index is 1380. The summed E-state index contributed by atoms with van der Waals surface area (Å²) in [6.45, 7) is 2.89. The number of piperidine rings is 1. The van der Waals surface area contributed by atoms with E-state index in [1.165, 1.54) is 0 Å². The minimum atomic E-state index is -2.58. The van der Waals surface area contributed by atoms with Crippen LogP contribution in [0.25, 0.3) is 16.6 Å². The van der Waals surface area contributed by atoms with Gasteiger partial charge in [-0.15, -0.1) is 0 Å². The Kier molecular flexibility index (Phi) is 5.85. The van der Waals surface area contributed by atoms with E-state index in [1.807, 2.05) is 42.2 Å². The third kappa shape index (κ3) is 4.42. The van der Waals surface area contributed by atoms with Gasteiger partial charge in [-0.05, 0) is 48.4 Å². The second-order valence-corrected chi connectivity index (χ2v) is 8.99. The van der Waals surface area contributed by atoms with E-state index in [0.29, 0.717) is 53.9 Å². The Hall–Kier alpha value is -3.26. The molecule has 0 saturated carbocycles. The number of hydrogen-bond donors (Lipinski definition) is 1. The summed E-state index contributed by atoms with van der Waals surface area (Å²) in [6.07, 6.45) is 2.02. The summed E-state index contributed by atoms with van der Waals surface area (Å²) in [7, 11) is 0. The highest BCUT2D eigenvalue weighted by molar-refractivity contribution is 6.30. The molecule has 0 aliphatic carbocycles. The number of carbonyl (C=O) groups excluding carboxylic acids is 1. The SMILES string of the molecule is CCc1nc2ccc(Cl)cn2c1C(=O)NCc1ccc2nc(N3CCC(F)(F)CC3)ccc2c1. The standard InChI is InChI=1S/C25H24ClF2N5O/c1-2-19-23(33-15-18(26)5-8-22(33)30-19)24(34)29-14-16-3-6-20-17(13-16)4-7-21(31-20)32-11-9-25(27,28)10-12-32/h3-8,13,15H,2,9-12,14H2,1H3,(H,29,34). The van der Waals surface area contributed by atoms with Crippen molar-refractivity contribution in [3.8, 4) is 0 Å². The summed E-state index contributed by atoms with van der Waals surface area (Å²) in [5, 5.41) is 4.43. The number of pyridine rings is 2. The Balaban J connectivity index is 1.31. The Morgan fingerprint density at radius 3 is 2.68 bits per heavy atom. The monoisotopic (exact) mass is 483 g/mol. The van der Waals surface area contributed by atoms with E-state index in [2.05, 4.69) is 15.3 Å². The molecule has 0 bridgehead atoms. The molecule has 5 rings (SSSR count). The van der Waals surface area contributed by atoms with E-state index in [1.54, 1.807) is 22.7 Å². The number of benzene rings is 1. The second kappa shape index (κ2) is 8.83. The van der Waals surface area contributed by atoms with Crippen LogP contribution in [0.4, 0.5) is 14.6 Å². The number of hydrogen-bond acceptors (Lipinski definition) is 4. The van der Waals surface area contributed by atoms with Crippen molar-refractivity contribution in [2.75, 3.05) is 18.0 Å². The fraction of sp³-hybridized carbons (Fsp3) is 0.320. The van der Waals surface area contributed by atoms with Gasteiger partial charge in [0, 0.05) is 44.1 Å². The molecule has 176 valence electrons. The molecule has 34 heavy (non-hydrogen) atoms. The Morgan fingerprint density at radius 1 is 1.12 bits per heavy atom. The number of fused-ring (bicyclic) bond motifs is 2. The maximum absolute atomic E-state index is 13.5. The zero-order chi connectivity index (χ0) is 23.9. The van der Waals surface area contributed by atoms with Crippen LogP contribution in [-0.2, 0) is 13.0 Å². The number of halogens is 3. The van der Waals surface area contributed by atoms with Crippen LogP contribution >= 0.6 is 11.6 Å². The van der Waals surface area contributed by atoms with E-state index < -0.39 is 5.92 Å². The lowest BCUT2D eigenvalue weighted by molar-refractivity contribution is -0.0221. The fourth-order valence-electron chi connectivity index (χ4n) is 4.33. The molecule has 9 heteroatoms. The quantitative estimate of drug-likeness (QED) is 0.420. The van der Waals surface area contributed by atoms with Crippen molar-refractivity contribution in [1.29, 1.82) is 0 Å². The number of alkyl halides is 2. The molecule has 1 aromatic carbocycles. The number of nitrogens with one attached hydrogen (secondary N) is 1. The molecule has 0 unspecified atom stereocenters. The van der Waals surface area contributed by atoms with E-state index in [-0.39, 0.29) is 18.7 Å². The topological polar surface area (TPSA) is 62.5 Å². The highest BCUT2D eigenvalue weighted by Gasteiger charge is 2.34. The first-order valence-corrected chi connectivity index (χ1v) is 11.7. The van der Waals surface area contributed by atoms with Crippen molar-refractivity contribution in [2.45, 2.75) is 38.7 Å².